The fraction of sp³-hybridized carbons (Fsp3) is 1.00. The van der Waals surface area contributed by atoms with Crippen LogP contribution in [0, 0.1) is 0 Å². The summed E-state index contributed by atoms with van der Waals surface area (Å²) in [6.07, 6.45) is 4.83. The van der Waals surface area contributed by atoms with E-state index in [-0.39, 0.29) is 25.0 Å². The molecule has 5 nitrogen and oxygen atoms in total. The van der Waals surface area contributed by atoms with Crippen molar-refractivity contribution in [3.05, 3.63) is 0 Å². The lowest BCUT2D eigenvalue weighted by Crippen LogP contribution is -2.39. The SMILES string of the molecule is CC(OC(C)OC(C)N1CCCC1)OC(C)N1CCCC1. The van der Waals surface area contributed by atoms with Gasteiger partial charge in [0.25, 0.3) is 0 Å². The molecule has 0 N–H and O–H groups in total. The van der Waals surface area contributed by atoms with Crippen LogP contribution in [0.5, 0.6) is 0 Å². The standard InChI is InChI=1S/C16H32N2O3/c1-13(17-9-5-6-10-17)19-15(3)21-16(4)20-14(2)18-11-7-8-12-18/h13-16H,5-12H2,1-4H3. The maximum absolute atomic E-state index is 5.92. The van der Waals surface area contributed by atoms with Crippen LogP contribution >= 0.6 is 0 Å². The quantitative estimate of drug-likeness (QED) is 0.644. The van der Waals surface area contributed by atoms with Gasteiger partial charge in [0.15, 0.2) is 12.6 Å². The van der Waals surface area contributed by atoms with Crippen molar-refractivity contribution in [3.8, 4) is 0 Å². The molecule has 4 unspecified atom stereocenters. The molecule has 21 heavy (non-hydrogen) atoms. The number of ether oxygens (including phenoxy) is 3. The van der Waals surface area contributed by atoms with Gasteiger partial charge in [0.05, 0.1) is 0 Å². The Balaban J connectivity index is 1.64. The van der Waals surface area contributed by atoms with E-state index in [1.165, 1.54) is 25.7 Å². The van der Waals surface area contributed by atoms with Crippen molar-refractivity contribution in [1.82, 2.24) is 9.80 Å². The molecule has 2 heterocycles. The number of rotatable bonds is 8. The first kappa shape index (κ1) is 17.2. The highest BCUT2D eigenvalue weighted by molar-refractivity contribution is 4.68. The molecule has 0 aromatic carbocycles. The van der Waals surface area contributed by atoms with E-state index in [0.717, 1.165) is 26.2 Å². The first-order valence-corrected chi connectivity index (χ1v) is 8.50. The summed E-state index contributed by atoms with van der Waals surface area (Å²) in [7, 11) is 0. The van der Waals surface area contributed by atoms with E-state index in [2.05, 4.69) is 23.6 Å². The molecule has 2 fully saturated rings. The predicted octanol–water partition coefficient (Wildman–Crippen LogP) is 2.61. The van der Waals surface area contributed by atoms with Crippen molar-refractivity contribution < 1.29 is 14.2 Å². The zero-order valence-electron chi connectivity index (χ0n) is 14.1. The Kier molecular flexibility index (Phi) is 6.89. The highest BCUT2D eigenvalue weighted by Crippen LogP contribution is 2.17. The van der Waals surface area contributed by atoms with Crippen LogP contribution in [0.3, 0.4) is 0 Å². The van der Waals surface area contributed by atoms with E-state index in [9.17, 15) is 0 Å². The van der Waals surface area contributed by atoms with Crippen LogP contribution in [0.4, 0.5) is 0 Å². The Labute approximate surface area is 129 Å². The van der Waals surface area contributed by atoms with Crippen LogP contribution in [0.25, 0.3) is 0 Å². The van der Waals surface area contributed by atoms with Crippen LogP contribution in [-0.4, -0.2) is 61.0 Å². The summed E-state index contributed by atoms with van der Waals surface area (Å²) >= 11 is 0. The van der Waals surface area contributed by atoms with E-state index < -0.39 is 0 Å². The normalized spacial score (nSPS) is 26.9. The van der Waals surface area contributed by atoms with Gasteiger partial charge in [-0.05, 0) is 53.4 Å². The number of likely N-dealkylation sites (tertiary alicyclic amines) is 2. The molecule has 0 saturated carbocycles. The molecule has 2 aliphatic rings. The van der Waals surface area contributed by atoms with Gasteiger partial charge in [-0.1, -0.05) is 0 Å². The van der Waals surface area contributed by atoms with Crippen molar-refractivity contribution in [2.45, 2.75) is 78.4 Å². The van der Waals surface area contributed by atoms with Gasteiger partial charge in [-0.3, -0.25) is 9.80 Å². The van der Waals surface area contributed by atoms with Crippen LogP contribution in [-0.2, 0) is 14.2 Å². The van der Waals surface area contributed by atoms with E-state index in [1.807, 2.05) is 13.8 Å². The molecule has 0 spiro atoms. The molecule has 0 radical (unpaired) electrons. The number of nitrogens with zero attached hydrogens (tertiary/aromatic N) is 2. The van der Waals surface area contributed by atoms with Crippen LogP contribution < -0.4 is 0 Å². The third-order valence-corrected chi connectivity index (χ3v) is 4.47. The lowest BCUT2D eigenvalue weighted by molar-refractivity contribution is -0.277. The molecule has 5 heteroatoms. The average Bonchev–Trinajstić information content (AvgIpc) is 3.12. The molecular weight excluding hydrogens is 268 g/mol. The Morgan fingerprint density at radius 3 is 1.24 bits per heavy atom. The summed E-state index contributed by atoms with van der Waals surface area (Å²) in [5.41, 5.74) is 0. The van der Waals surface area contributed by atoms with E-state index >= 15 is 0 Å². The van der Waals surface area contributed by atoms with Gasteiger partial charge in [0.2, 0.25) is 0 Å². The maximum atomic E-state index is 5.92. The average molecular weight is 300 g/mol. The molecule has 0 aromatic rings. The van der Waals surface area contributed by atoms with Gasteiger partial charge < -0.3 is 14.2 Å². The maximum Gasteiger partial charge on any atom is 0.160 e. The second-order valence-electron chi connectivity index (χ2n) is 6.23. The van der Waals surface area contributed by atoms with Crippen molar-refractivity contribution in [2.75, 3.05) is 26.2 Å². The van der Waals surface area contributed by atoms with Gasteiger partial charge >= 0.3 is 0 Å². The van der Waals surface area contributed by atoms with Crippen LogP contribution in [0.2, 0.25) is 0 Å². The smallest absolute Gasteiger partial charge is 0.160 e. The van der Waals surface area contributed by atoms with E-state index in [0.29, 0.717) is 0 Å². The summed E-state index contributed by atoms with van der Waals surface area (Å²) in [6.45, 7) is 12.6. The van der Waals surface area contributed by atoms with Gasteiger partial charge in [-0.25, -0.2) is 0 Å². The second-order valence-corrected chi connectivity index (χ2v) is 6.23. The molecule has 2 rings (SSSR count). The number of hydrogen-bond acceptors (Lipinski definition) is 5. The molecule has 4 atom stereocenters. The Bertz CT molecular complexity index is 263. The largest absolute Gasteiger partial charge is 0.335 e. The third kappa shape index (κ3) is 5.49. The molecule has 0 aromatic heterocycles. The monoisotopic (exact) mass is 300 g/mol. The highest BCUT2D eigenvalue weighted by atomic mass is 16.8. The van der Waals surface area contributed by atoms with Crippen molar-refractivity contribution in [1.29, 1.82) is 0 Å². The Hall–Kier alpha value is -0.200. The first-order valence-electron chi connectivity index (χ1n) is 8.50. The molecule has 0 aliphatic carbocycles. The summed E-state index contributed by atoms with van der Waals surface area (Å²) < 4.78 is 17.7. The molecule has 124 valence electrons. The van der Waals surface area contributed by atoms with E-state index in [4.69, 9.17) is 14.2 Å². The lowest BCUT2D eigenvalue weighted by atomic mass is 10.4. The minimum Gasteiger partial charge on any atom is -0.335 e. The lowest BCUT2D eigenvalue weighted by Gasteiger charge is -2.31. The zero-order valence-corrected chi connectivity index (χ0v) is 14.1. The van der Waals surface area contributed by atoms with Crippen LogP contribution in [0.1, 0.15) is 53.4 Å². The minimum absolute atomic E-state index is 0.116. The van der Waals surface area contributed by atoms with Gasteiger partial charge in [-0.2, -0.15) is 0 Å². The van der Waals surface area contributed by atoms with Gasteiger partial charge in [-0.15, -0.1) is 0 Å². The summed E-state index contributed by atoms with van der Waals surface area (Å²) in [6, 6.07) is 0. The summed E-state index contributed by atoms with van der Waals surface area (Å²) in [4.78, 5) is 4.72. The first-order chi connectivity index (χ1) is 10.1. The zero-order chi connectivity index (χ0) is 15.2. The predicted molar refractivity (Wildman–Crippen MR) is 82.7 cm³/mol. The molecular formula is C16H32N2O3. The summed E-state index contributed by atoms with van der Waals surface area (Å²) in [5.74, 6) is 0. The topological polar surface area (TPSA) is 34.2 Å². The Morgan fingerprint density at radius 2 is 0.905 bits per heavy atom. The molecule has 0 amide bonds. The van der Waals surface area contributed by atoms with Gasteiger partial charge in [0.1, 0.15) is 12.5 Å². The highest BCUT2D eigenvalue weighted by Gasteiger charge is 2.23. The molecule has 2 saturated heterocycles. The third-order valence-electron chi connectivity index (χ3n) is 4.47. The van der Waals surface area contributed by atoms with Crippen molar-refractivity contribution in [3.63, 3.8) is 0 Å². The van der Waals surface area contributed by atoms with Crippen LogP contribution in [0.15, 0.2) is 0 Å². The number of hydrogen-bond donors (Lipinski definition) is 0. The van der Waals surface area contributed by atoms with Crippen molar-refractivity contribution in [2.24, 2.45) is 0 Å². The molecule has 0 bridgehead atoms. The minimum atomic E-state index is -0.249. The fourth-order valence-corrected chi connectivity index (χ4v) is 3.27. The van der Waals surface area contributed by atoms with E-state index in [1.54, 1.807) is 0 Å². The van der Waals surface area contributed by atoms with Gasteiger partial charge in [0, 0.05) is 26.2 Å². The second kappa shape index (κ2) is 8.44. The molecule has 2 aliphatic heterocycles. The fourth-order valence-electron chi connectivity index (χ4n) is 3.27. The Morgan fingerprint density at radius 1 is 0.571 bits per heavy atom. The summed E-state index contributed by atoms with van der Waals surface area (Å²) in [5, 5.41) is 0. The van der Waals surface area contributed by atoms with Crippen molar-refractivity contribution >= 4 is 0 Å².